The van der Waals surface area contributed by atoms with Gasteiger partial charge in [0.25, 0.3) is 0 Å². The predicted octanol–water partition coefficient (Wildman–Crippen LogP) is 4.44. The summed E-state index contributed by atoms with van der Waals surface area (Å²) in [6, 6.07) is 6.27. The zero-order chi connectivity index (χ0) is 16.7. The van der Waals surface area contributed by atoms with E-state index >= 15 is 0 Å². The summed E-state index contributed by atoms with van der Waals surface area (Å²) in [6.45, 7) is 6.30. The number of nitrogens with zero attached hydrogens (tertiary/aromatic N) is 1. The number of carbonyl (C=O) groups excluding carboxylic acids is 1. The Hall–Kier alpha value is -2.23. The number of ketones is 1. The SMILES string of the molecule is CCC(=O)c1ccn2c1-c1cc(OC)c(OC)cc1C(C)C2C. The number of ether oxygens (including phenoxy) is 2. The highest BCUT2D eigenvalue weighted by Crippen LogP contribution is 2.48. The monoisotopic (exact) mass is 313 g/mol. The first-order valence-electron chi connectivity index (χ1n) is 8.03. The molecule has 2 unspecified atom stereocenters. The second-order valence-electron chi connectivity index (χ2n) is 6.09. The fraction of sp³-hybridized carbons (Fsp3) is 0.421. The molecule has 0 spiro atoms. The van der Waals surface area contributed by atoms with E-state index in [1.807, 2.05) is 31.3 Å². The van der Waals surface area contributed by atoms with Crippen molar-refractivity contribution < 1.29 is 14.3 Å². The van der Waals surface area contributed by atoms with Crippen molar-refractivity contribution in [1.82, 2.24) is 4.57 Å². The summed E-state index contributed by atoms with van der Waals surface area (Å²) in [4.78, 5) is 12.4. The van der Waals surface area contributed by atoms with Crippen molar-refractivity contribution >= 4 is 5.78 Å². The Morgan fingerprint density at radius 1 is 1.17 bits per heavy atom. The number of Topliss-reactive ketones (excluding diaryl/α,β-unsaturated/α-hetero) is 1. The largest absolute Gasteiger partial charge is 0.493 e. The van der Waals surface area contributed by atoms with Gasteiger partial charge in [0.15, 0.2) is 17.3 Å². The highest BCUT2D eigenvalue weighted by molar-refractivity contribution is 6.02. The molecule has 1 aromatic heterocycles. The Bertz CT molecular complexity index is 760. The van der Waals surface area contributed by atoms with Gasteiger partial charge >= 0.3 is 0 Å². The molecule has 0 aliphatic carbocycles. The van der Waals surface area contributed by atoms with E-state index in [9.17, 15) is 4.79 Å². The summed E-state index contributed by atoms with van der Waals surface area (Å²) in [6.07, 6.45) is 2.53. The Balaban J connectivity index is 2.30. The maximum atomic E-state index is 12.4. The lowest BCUT2D eigenvalue weighted by Gasteiger charge is -2.33. The van der Waals surface area contributed by atoms with Crippen molar-refractivity contribution in [1.29, 1.82) is 0 Å². The topological polar surface area (TPSA) is 40.5 Å². The van der Waals surface area contributed by atoms with E-state index in [2.05, 4.69) is 18.4 Å². The van der Waals surface area contributed by atoms with E-state index in [1.54, 1.807) is 14.2 Å². The molecule has 0 N–H and O–H groups in total. The summed E-state index contributed by atoms with van der Waals surface area (Å²) in [5.74, 6) is 1.92. The zero-order valence-electron chi connectivity index (χ0n) is 14.3. The molecule has 0 saturated carbocycles. The summed E-state index contributed by atoms with van der Waals surface area (Å²) >= 11 is 0. The zero-order valence-corrected chi connectivity index (χ0v) is 14.3. The number of aromatic nitrogens is 1. The Labute approximate surface area is 137 Å². The average Bonchev–Trinajstić information content (AvgIpc) is 3.02. The van der Waals surface area contributed by atoms with E-state index in [0.29, 0.717) is 18.1 Å². The van der Waals surface area contributed by atoms with Crippen molar-refractivity contribution in [2.24, 2.45) is 0 Å². The number of hydrogen-bond donors (Lipinski definition) is 0. The summed E-state index contributed by atoms with van der Waals surface area (Å²) in [5, 5.41) is 0. The second-order valence-corrected chi connectivity index (χ2v) is 6.09. The maximum Gasteiger partial charge on any atom is 0.164 e. The molecular formula is C19H23NO3. The molecule has 0 fully saturated rings. The van der Waals surface area contributed by atoms with Crippen molar-refractivity contribution in [3.63, 3.8) is 0 Å². The van der Waals surface area contributed by atoms with Crippen LogP contribution in [0.4, 0.5) is 0 Å². The van der Waals surface area contributed by atoms with Gasteiger partial charge in [-0.25, -0.2) is 0 Å². The molecular weight excluding hydrogens is 290 g/mol. The second kappa shape index (κ2) is 5.76. The van der Waals surface area contributed by atoms with Crippen molar-refractivity contribution in [2.45, 2.75) is 39.2 Å². The summed E-state index contributed by atoms with van der Waals surface area (Å²) in [5.41, 5.74) is 4.06. The minimum absolute atomic E-state index is 0.168. The number of fused-ring (bicyclic) bond motifs is 3. The van der Waals surface area contributed by atoms with Crippen molar-refractivity contribution in [3.05, 3.63) is 35.5 Å². The summed E-state index contributed by atoms with van der Waals surface area (Å²) < 4.78 is 13.1. The van der Waals surface area contributed by atoms with Gasteiger partial charge in [0.1, 0.15) is 0 Å². The first-order valence-corrected chi connectivity index (χ1v) is 8.03. The van der Waals surface area contributed by atoms with E-state index < -0.39 is 0 Å². The van der Waals surface area contributed by atoms with Crippen molar-refractivity contribution in [2.75, 3.05) is 14.2 Å². The fourth-order valence-corrected chi connectivity index (χ4v) is 3.46. The molecule has 122 valence electrons. The normalized spacial score (nSPS) is 19.0. The average molecular weight is 313 g/mol. The fourth-order valence-electron chi connectivity index (χ4n) is 3.46. The number of hydrogen-bond acceptors (Lipinski definition) is 3. The highest BCUT2D eigenvalue weighted by atomic mass is 16.5. The molecule has 23 heavy (non-hydrogen) atoms. The third kappa shape index (κ3) is 2.24. The van der Waals surface area contributed by atoms with Crippen LogP contribution in [-0.2, 0) is 0 Å². The van der Waals surface area contributed by atoms with Crippen LogP contribution in [0.2, 0.25) is 0 Å². The van der Waals surface area contributed by atoms with Crippen LogP contribution >= 0.6 is 0 Å². The lowest BCUT2D eigenvalue weighted by atomic mass is 9.84. The number of methoxy groups -OCH3 is 2. The van der Waals surface area contributed by atoms with E-state index in [-0.39, 0.29) is 11.8 Å². The molecule has 0 saturated heterocycles. The van der Waals surface area contributed by atoms with Crippen LogP contribution in [0.25, 0.3) is 11.3 Å². The lowest BCUT2D eigenvalue weighted by Crippen LogP contribution is -2.20. The quantitative estimate of drug-likeness (QED) is 0.783. The first-order chi connectivity index (χ1) is 11.0. The number of benzene rings is 1. The molecule has 0 bridgehead atoms. The van der Waals surface area contributed by atoms with Gasteiger partial charge in [-0.05, 0) is 30.7 Å². The van der Waals surface area contributed by atoms with Crippen LogP contribution in [0.3, 0.4) is 0 Å². The van der Waals surface area contributed by atoms with Crippen LogP contribution < -0.4 is 9.47 Å². The Morgan fingerprint density at radius 2 is 1.83 bits per heavy atom. The van der Waals surface area contributed by atoms with Crippen LogP contribution in [0.15, 0.2) is 24.4 Å². The minimum atomic E-state index is 0.168. The Morgan fingerprint density at radius 3 is 2.43 bits per heavy atom. The van der Waals surface area contributed by atoms with Crippen LogP contribution in [-0.4, -0.2) is 24.6 Å². The van der Waals surface area contributed by atoms with Crippen LogP contribution in [0.5, 0.6) is 11.5 Å². The van der Waals surface area contributed by atoms with Gasteiger partial charge in [-0.3, -0.25) is 4.79 Å². The van der Waals surface area contributed by atoms with Crippen molar-refractivity contribution in [3.8, 4) is 22.8 Å². The molecule has 2 atom stereocenters. The molecule has 0 amide bonds. The van der Waals surface area contributed by atoms with E-state index in [4.69, 9.17) is 9.47 Å². The molecule has 2 aromatic rings. The molecule has 2 heterocycles. The van der Waals surface area contributed by atoms with Crippen LogP contribution in [0.1, 0.15) is 55.1 Å². The summed E-state index contributed by atoms with van der Waals surface area (Å²) in [7, 11) is 3.28. The molecule has 1 aromatic carbocycles. The number of rotatable bonds is 4. The third-order valence-electron chi connectivity index (χ3n) is 5.00. The van der Waals surface area contributed by atoms with Gasteiger partial charge in [0.2, 0.25) is 0 Å². The van der Waals surface area contributed by atoms with Crippen LogP contribution in [0, 0.1) is 0 Å². The maximum absolute atomic E-state index is 12.4. The lowest BCUT2D eigenvalue weighted by molar-refractivity contribution is 0.0988. The molecule has 4 nitrogen and oxygen atoms in total. The smallest absolute Gasteiger partial charge is 0.164 e. The van der Waals surface area contributed by atoms with E-state index in [1.165, 1.54) is 5.56 Å². The van der Waals surface area contributed by atoms with Gasteiger partial charge in [0, 0.05) is 35.7 Å². The standard InChI is InChI=1S/C19H23NO3/c1-6-16(21)13-7-8-20-12(3)11(2)14-9-17(22-4)18(23-5)10-15(14)19(13)20/h7-12H,6H2,1-5H3. The highest BCUT2D eigenvalue weighted by Gasteiger charge is 2.32. The molecule has 0 radical (unpaired) electrons. The minimum Gasteiger partial charge on any atom is -0.493 e. The van der Waals surface area contributed by atoms with Gasteiger partial charge in [-0.1, -0.05) is 13.8 Å². The van der Waals surface area contributed by atoms with E-state index in [0.717, 1.165) is 22.6 Å². The molecule has 1 aliphatic rings. The molecule has 4 heteroatoms. The van der Waals surface area contributed by atoms with Gasteiger partial charge < -0.3 is 14.0 Å². The first kappa shape index (κ1) is 15.7. The van der Waals surface area contributed by atoms with Gasteiger partial charge in [0.05, 0.1) is 19.9 Å². The molecule has 1 aliphatic heterocycles. The van der Waals surface area contributed by atoms with Gasteiger partial charge in [-0.15, -0.1) is 0 Å². The Kier molecular flexibility index (Phi) is 3.92. The van der Waals surface area contributed by atoms with Gasteiger partial charge in [-0.2, -0.15) is 0 Å². The number of carbonyl (C=O) groups is 1. The predicted molar refractivity (Wildman–Crippen MR) is 90.7 cm³/mol. The molecule has 3 rings (SSSR count). The third-order valence-corrected chi connectivity index (χ3v) is 5.00.